The van der Waals surface area contributed by atoms with Crippen LogP contribution in [-0.4, -0.2) is 64.0 Å². The van der Waals surface area contributed by atoms with Gasteiger partial charge in [-0.1, -0.05) is 330 Å². The second-order valence-electron chi connectivity index (χ2n) is 26.6. The van der Waals surface area contributed by atoms with E-state index in [2.05, 4.69) is 178 Å². The first-order valence-corrected chi connectivity index (χ1v) is 37.5. The standard InChI is InChI=1S/C23H28O.C17H20O.C15H16O.3C8H10O.3C7H8O.C2H6.8CH4.2CH3.2Y/c1-7-9-18-15-20(12-11-17(18)3)23(4,5)21-13-14-22(24-6)19(16-21)10-8-2;1-13-5-7-14(8-6-13)17(2,3)15-9-11-16(18-4)12-10-15;1-12-3-5-13(6-4-12)11-14-7-9-15(16-2)10-8-14;1-7-3-5-8(9-2)6-4-7;1-7-4-3-5-8(6-7)9-2;1-7-5-3-4-6-8(7)9-2;3*1-8-7-5-3-2-4-6-7;1-2;;;;;;;;;;;;/h7-8,11-16H,1-2,9-10H2,3-6H3;5-12H,1-4H3;3-10H,11H2,1-2H3;3*3-6H,1-2H3;3*2-6H,1H3;1-2H3;8*1H4;2*1H3;;/q;;;;;;;;;;;;;;;;;;2*-1;;. The first kappa shape index (κ1) is 134. The SMILES string of the molecule is C.C.C.C.C.C.C.C.C=CCc1cc(C(C)(C)c2ccc(OC)c(CC=C)c2)ccc1C.CC.COc1ccc(C(C)(C)c2ccc(C)cc2)cc1.COc1ccc(C)cc1.COc1ccc(Cc2ccc(C)cc2)cc1.COc1cccc(C)c1.COc1ccccc1.COc1ccccc1.COc1ccccc1.COc1ccccc1C.[CH3-].[CH3-].[Y].[Y]. The molecule has 0 fully saturated rings. The molecule has 11 heteroatoms. The Morgan fingerprint density at radius 1 is 0.252 bits per heavy atom. The number of para-hydroxylation sites is 4. The van der Waals surface area contributed by atoms with Crippen LogP contribution in [0.25, 0.3) is 0 Å². The molecule has 0 aromatic heterocycles. The second kappa shape index (κ2) is 77.3. The van der Waals surface area contributed by atoms with Crippen LogP contribution >= 0.6 is 0 Å². The number of benzene rings is 12. The van der Waals surface area contributed by atoms with Gasteiger partial charge >= 0.3 is 0 Å². The smallest absolute Gasteiger partial charge is 0.122 e. The maximum atomic E-state index is 5.48. The zero-order valence-electron chi connectivity index (χ0n) is 73.3. The third kappa shape index (κ3) is 51.4. The van der Waals surface area contributed by atoms with Crippen molar-refractivity contribution in [2.24, 2.45) is 0 Å². The Bertz CT molecular complexity index is 4340. The Morgan fingerprint density at radius 3 is 0.862 bits per heavy atom. The van der Waals surface area contributed by atoms with Crippen molar-refractivity contribution in [3.05, 3.63) is 415 Å². The van der Waals surface area contributed by atoms with Crippen LogP contribution < -0.4 is 42.6 Å². The monoisotopic (exact) mass is 1830 g/mol. The molecule has 0 aliphatic carbocycles. The molecule has 0 aliphatic rings. The summed E-state index contributed by atoms with van der Waals surface area (Å²) in [6, 6.07) is 100. The number of hydrogen-bond donors (Lipinski definition) is 0. The predicted molar refractivity (Wildman–Crippen MR) is 538 cm³/mol. The average Bonchev–Trinajstić information content (AvgIpc) is 0.810. The molecule has 12 rings (SSSR count). The van der Waals surface area contributed by atoms with E-state index in [1.165, 1.54) is 77.9 Å². The van der Waals surface area contributed by atoms with E-state index < -0.39 is 0 Å². The van der Waals surface area contributed by atoms with E-state index in [0.29, 0.717) is 0 Å². The molecular weight excluding hydrogens is 1670 g/mol. The summed E-state index contributed by atoms with van der Waals surface area (Å²) >= 11 is 0. The van der Waals surface area contributed by atoms with Gasteiger partial charge in [0.2, 0.25) is 0 Å². The van der Waals surface area contributed by atoms with E-state index in [1.807, 2.05) is 228 Å². The van der Waals surface area contributed by atoms with E-state index in [9.17, 15) is 0 Å². The molecule has 12 aromatic rings. The summed E-state index contributed by atoms with van der Waals surface area (Å²) in [6.45, 7) is 33.3. The van der Waals surface area contributed by atoms with Crippen molar-refractivity contribution in [3.63, 3.8) is 0 Å². The van der Waals surface area contributed by atoms with Gasteiger partial charge in [0, 0.05) is 76.2 Å². The maximum absolute atomic E-state index is 5.48. The van der Waals surface area contributed by atoms with E-state index in [4.69, 9.17) is 42.6 Å². The van der Waals surface area contributed by atoms with Crippen molar-refractivity contribution in [1.29, 1.82) is 0 Å². The molecule has 0 unspecified atom stereocenters. The Hall–Kier alpha value is -9.47. The third-order valence-corrected chi connectivity index (χ3v) is 17.8. The van der Waals surface area contributed by atoms with Crippen LogP contribution in [0.15, 0.2) is 323 Å². The topological polar surface area (TPSA) is 83.1 Å². The van der Waals surface area contributed by atoms with Gasteiger partial charge in [0.25, 0.3) is 0 Å². The minimum atomic E-state index is -0.0776. The molecular formula is C112H162O9Y2-2. The van der Waals surface area contributed by atoms with Gasteiger partial charge in [-0.05, 0) is 219 Å². The van der Waals surface area contributed by atoms with Crippen molar-refractivity contribution in [1.82, 2.24) is 0 Å². The Kier molecular flexibility index (Phi) is 84.3. The van der Waals surface area contributed by atoms with Crippen LogP contribution in [0.3, 0.4) is 0 Å². The van der Waals surface area contributed by atoms with E-state index in [0.717, 1.165) is 71.0 Å². The first-order valence-electron chi connectivity index (χ1n) is 37.5. The number of hydrogen-bond acceptors (Lipinski definition) is 9. The Labute approximate surface area is 804 Å². The van der Waals surface area contributed by atoms with Crippen molar-refractivity contribution < 1.29 is 108 Å². The maximum Gasteiger partial charge on any atom is 0.122 e. The first-order chi connectivity index (χ1) is 53.5. The molecule has 672 valence electrons. The van der Waals surface area contributed by atoms with Crippen molar-refractivity contribution >= 4 is 0 Å². The van der Waals surface area contributed by atoms with Gasteiger partial charge in [0.1, 0.15) is 51.7 Å². The molecule has 0 aliphatic heterocycles. The van der Waals surface area contributed by atoms with Gasteiger partial charge < -0.3 is 57.5 Å². The number of rotatable bonds is 19. The van der Waals surface area contributed by atoms with Gasteiger partial charge in [0.15, 0.2) is 0 Å². The summed E-state index contributed by atoms with van der Waals surface area (Å²) in [7, 11) is 15.1. The van der Waals surface area contributed by atoms with Gasteiger partial charge in [-0.15, -0.1) is 13.2 Å². The summed E-state index contributed by atoms with van der Waals surface area (Å²) in [5.41, 5.74) is 17.9. The molecule has 0 heterocycles. The van der Waals surface area contributed by atoms with Crippen molar-refractivity contribution in [2.75, 3.05) is 64.0 Å². The van der Waals surface area contributed by atoms with Gasteiger partial charge in [-0.25, -0.2) is 0 Å². The number of ether oxygens (including phenoxy) is 9. The number of aryl methyl sites for hydroxylation is 6. The van der Waals surface area contributed by atoms with Crippen LogP contribution in [0.5, 0.6) is 51.7 Å². The molecule has 0 saturated heterocycles. The summed E-state index contributed by atoms with van der Waals surface area (Å²) < 4.78 is 45.6. The molecule has 123 heavy (non-hydrogen) atoms. The van der Waals surface area contributed by atoms with Crippen molar-refractivity contribution in [3.8, 4) is 51.7 Å². The van der Waals surface area contributed by atoms with Crippen LogP contribution in [0.2, 0.25) is 0 Å². The van der Waals surface area contributed by atoms with Gasteiger partial charge in [-0.2, -0.15) is 0 Å². The predicted octanol–water partition coefficient (Wildman–Crippen LogP) is 31.8. The van der Waals surface area contributed by atoms with Gasteiger partial charge in [0.05, 0.1) is 64.0 Å². The molecule has 9 nitrogen and oxygen atoms in total. The zero-order chi connectivity index (χ0) is 81.8. The van der Waals surface area contributed by atoms with Crippen molar-refractivity contribution in [2.45, 2.75) is 173 Å². The van der Waals surface area contributed by atoms with Crippen LogP contribution in [0, 0.1) is 56.4 Å². The minimum absolute atomic E-state index is 0. The zero-order valence-corrected chi connectivity index (χ0v) is 79.0. The average molecular weight is 1830 g/mol. The quantitative estimate of drug-likeness (QED) is 0.0581. The summed E-state index contributed by atoms with van der Waals surface area (Å²) in [6.07, 6.45) is 6.57. The third-order valence-electron chi connectivity index (χ3n) is 17.8. The largest absolute Gasteiger partial charge is 0.497 e. The number of methoxy groups -OCH3 is 9. The molecule has 0 amide bonds. The fraction of sp³-hybridized carbons (Fsp3) is 0.304. The fourth-order valence-electron chi connectivity index (χ4n) is 10.8. The number of allylic oxidation sites excluding steroid dienone is 2. The molecule has 12 aromatic carbocycles. The summed E-state index contributed by atoms with van der Waals surface area (Å²) in [4.78, 5) is 0. The Balaban J connectivity index is -0.000000148. The molecule has 0 spiro atoms. The molecule has 0 N–H and O–H groups in total. The van der Waals surface area contributed by atoms with Crippen LogP contribution in [-0.2, 0) is 95.5 Å². The van der Waals surface area contributed by atoms with Gasteiger partial charge in [-0.3, -0.25) is 0 Å². The second-order valence-corrected chi connectivity index (χ2v) is 26.6. The molecule has 0 atom stereocenters. The summed E-state index contributed by atoms with van der Waals surface area (Å²) in [5, 5.41) is 0. The van der Waals surface area contributed by atoms with Crippen LogP contribution in [0.1, 0.15) is 179 Å². The molecule has 2 radical (unpaired) electrons. The Morgan fingerprint density at radius 2 is 0.528 bits per heavy atom. The fourth-order valence-corrected chi connectivity index (χ4v) is 10.8. The molecule has 0 bridgehead atoms. The summed E-state index contributed by atoms with van der Waals surface area (Å²) in [5.74, 6) is 8.26. The van der Waals surface area contributed by atoms with E-state index in [-0.39, 0.29) is 151 Å². The van der Waals surface area contributed by atoms with E-state index >= 15 is 0 Å². The van der Waals surface area contributed by atoms with E-state index in [1.54, 1.807) is 64.0 Å². The van der Waals surface area contributed by atoms with Crippen LogP contribution in [0.4, 0.5) is 0 Å². The normalized spacial score (nSPS) is 8.89. The molecule has 0 saturated carbocycles. The minimum Gasteiger partial charge on any atom is -0.497 e.